The molecule has 0 atom stereocenters. The van der Waals surface area contributed by atoms with Crippen molar-refractivity contribution < 1.29 is 17.5 Å². The van der Waals surface area contributed by atoms with Crippen LogP contribution in [0, 0.1) is 12.7 Å². The minimum Gasteiger partial charge on any atom is -0.492 e. The van der Waals surface area contributed by atoms with Crippen LogP contribution in [0.5, 0.6) is 5.75 Å². The molecule has 0 unspecified atom stereocenters. The fourth-order valence-electron chi connectivity index (χ4n) is 1.63. The lowest BCUT2D eigenvalue weighted by Gasteiger charge is -2.09. The highest BCUT2D eigenvalue weighted by atomic mass is 79.9. The Bertz CT molecular complexity index is 764. The Labute approximate surface area is 138 Å². The smallest absolute Gasteiger partial charge is 0.264 e. The van der Waals surface area contributed by atoms with Crippen LogP contribution < -0.4 is 4.74 Å². The standard InChI is InChI=1S/C12H10BrClFNO3S2/c1-7-11(20-6-16-7)2-3-19-10-5-9(15)12(4-8(10)13)21(14,17)18/h4-6H,2-3H2,1H3. The Morgan fingerprint density at radius 1 is 1.48 bits per heavy atom. The molecular weight excluding hydrogens is 405 g/mol. The van der Waals surface area contributed by atoms with Gasteiger partial charge in [-0.15, -0.1) is 11.3 Å². The van der Waals surface area contributed by atoms with E-state index in [1.807, 2.05) is 6.92 Å². The number of benzene rings is 1. The zero-order valence-electron chi connectivity index (χ0n) is 10.8. The van der Waals surface area contributed by atoms with Gasteiger partial charge in [-0.3, -0.25) is 0 Å². The van der Waals surface area contributed by atoms with Crippen LogP contribution in [0.4, 0.5) is 4.39 Å². The third-order valence-electron chi connectivity index (χ3n) is 2.68. The van der Waals surface area contributed by atoms with Gasteiger partial charge >= 0.3 is 0 Å². The van der Waals surface area contributed by atoms with Gasteiger partial charge in [-0.05, 0) is 28.9 Å². The summed E-state index contributed by atoms with van der Waals surface area (Å²) in [5, 5.41) is 0. The van der Waals surface area contributed by atoms with Crippen LogP contribution in [0.1, 0.15) is 10.6 Å². The van der Waals surface area contributed by atoms with Crippen LogP contribution in [0.25, 0.3) is 0 Å². The van der Waals surface area contributed by atoms with Crippen molar-refractivity contribution in [3.8, 4) is 5.75 Å². The van der Waals surface area contributed by atoms with Crippen LogP contribution in [0.3, 0.4) is 0 Å². The molecule has 1 heterocycles. The van der Waals surface area contributed by atoms with Crippen LogP contribution in [0.2, 0.25) is 0 Å². The molecule has 2 rings (SSSR count). The molecule has 114 valence electrons. The van der Waals surface area contributed by atoms with Gasteiger partial charge in [-0.25, -0.2) is 17.8 Å². The van der Waals surface area contributed by atoms with Gasteiger partial charge in [0.05, 0.1) is 22.3 Å². The van der Waals surface area contributed by atoms with Gasteiger partial charge in [0.15, 0.2) is 0 Å². The van der Waals surface area contributed by atoms with E-state index in [1.54, 1.807) is 5.51 Å². The first-order valence-electron chi connectivity index (χ1n) is 5.74. The molecule has 9 heteroatoms. The molecule has 0 radical (unpaired) electrons. The second-order valence-electron chi connectivity index (χ2n) is 4.11. The second kappa shape index (κ2) is 6.60. The Hall–Kier alpha value is -0.700. The van der Waals surface area contributed by atoms with Gasteiger partial charge in [-0.1, -0.05) is 0 Å². The average Bonchev–Trinajstić information content (AvgIpc) is 2.77. The van der Waals surface area contributed by atoms with Crippen molar-refractivity contribution in [1.82, 2.24) is 4.98 Å². The Morgan fingerprint density at radius 3 is 2.76 bits per heavy atom. The van der Waals surface area contributed by atoms with Gasteiger partial charge in [0.2, 0.25) is 0 Å². The molecule has 2 aromatic rings. The Balaban J connectivity index is 2.11. The minimum absolute atomic E-state index is 0.221. The lowest BCUT2D eigenvalue weighted by Crippen LogP contribution is -2.03. The second-order valence-corrected chi connectivity index (χ2v) is 8.44. The Kier molecular flexibility index (Phi) is 5.24. The van der Waals surface area contributed by atoms with Crippen molar-refractivity contribution in [3.63, 3.8) is 0 Å². The van der Waals surface area contributed by atoms with Crippen LogP contribution >= 0.6 is 37.9 Å². The zero-order valence-corrected chi connectivity index (χ0v) is 14.7. The molecule has 0 fully saturated rings. The first-order chi connectivity index (χ1) is 9.79. The third-order valence-corrected chi connectivity index (χ3v) is 5.63. The highest BCUT2D eigenvalue weighted by molar-refractivity contribution is 9.10. The van der Waals surface area contributed by atoms with E-state index in [0.717, 1.165) is 22.7 Å². The highest BCUT2D eigenvalue weighted by Gasteiger charge is 2.19. The summed E-state index contributed by atoms with van der Waals surface area (Å²) >= 11 is 4.67. The third kappa shape index (κ3) is 4.15. The van der Waals surface area contributed by atoms with E-state index in [4.69, 9.17) is 15.4 Å². The van der Waals surface area contributed by atoms with Crippen LogP contribution in [-0.4, -0.2) is 20.0 Å². The van der Waals surface area contributed by atoms with E-state index < -0.39 is 19.8 Å². The van der Waals surface area contributed by atoms with Gasteiger partial charge in [0.25, 0.3) is 9.05 Å². The maximum Gasteiger partial charge on any atom is 0.264 e. The average molecular weight is 415 g/mol. The number of hydrogen-bond donors (Lipinski definition) is 0. The zero-order chi connectivity index (χ0) is 15.6. The quantitative estimate of drug-likeness (QED) is 0.696. The van der Waals surface area contributed by atoms with Gasteiger partial charge < -0.3 is 4.74 Å². The summed E-state index contributed by atoms with van der Waals surface area (Å²) in [6.45, 7) is 2.23. The fraction of sp³-hybridized carbons (Fsp3) is 0.250. The van der Waals surface area contributed by atoms with E-state index in [9.17, 15) is 12.8 Å². The molecule has 0 aliphatic heterocycles. The van der Waals surface area contributed by atoms with Gasteiger partial charge in [0.1, 0.15) is 16.5 Å². The molecule has 0 saturated carbocycles. The van der Waals surface area contributed by atoms with Crippen molar-refractivity contribution in [1.29, 1.82) is 0 Å². The number of thiazole rings is 1. The highest BCUT2D eigenvalue weighted by Crippen LogP contribution is 2.31. The largest absolute Gasteiger partial charge is 0.492 e. The summed E-state index contributed by atoms with van der Waals surface area (Å²) in [5.41, 5.74) is 2.69. The molecule has 1 aromatic carbocycles. The number of hydrogen-bond acceptors (Lipinski definition) is 5. The lowest BCUT2D eigenvalue weighted by molar-refractivity contribution is 0.318. The Morgan fingerprint density at radius 2 is 2.19 bits per heavy atom. The van der Waals surface area contributed by atoms with Crippen molar-refractivity contribution in [3.05, 3.63) is 38.5 Å². The number of ether oxygens (including phenoxy) is 1. The van der Waals surface area contributed by atoms with Crippen molar-refractivity contribution in [2.24, 2.45) is 0 Å². The first kappa shape index (κ1) is 16.7. The predicted octanol–water partition coefficient (Wildman–Crippen LogP) is 3.90. The van der Waals surface area contributed by atoms with Crippen molar-refractivity contribution in [2.75, 3.05) is 6.61 Å². The summed E-state index contributed by atoms with van der Waals surface area (Å²) in [7, 11) is 1.01. The van der Waals surface area contributed by atoms with Crippen molar-refractivity contribution in [2.45, 2.75) is 18.2 Å². The predicted molar refractivity (Wildman–Crippen MR) is 83.2 cm³/mol. The summed E-state index contributed by atoms with van der Waals surface area (Å²) < 4.78 is 41.9. The van der Waals surface area contributed by atoms with Crippen LogP contribution in [0.15, 0.2) is 27.0 Å². The fourth-order valence-corrected chi connectivity index (χ4v) is 3.90. The summed E-state index contributed by atoms with van der Waals surface area (Å²) in [4.78, 5) is 4.63. The molecular formula is C12H10BrClFNO3S2. The monoisotopic (exact) mass is 413 g/mol. The summed E-state index contributed by atoms with van der Waals surface area (Å²) in [6, 6.07) is 2.09. The molecule has 0 bridgehead atoms. The van der Waals surface area contributed by atoms with Gasteiger partial charge in [0, 0.05) is 28.0 Å². The molecule has 0 amide bonds. The van der Waals surface area contributed by atoms with E-state index in [2.05, 4.69) is 20.9 Å². The van der Waals surface area contributed by atoms with E-state index >= 15 is 0 Å². The normalized spacial score (nSPS) is 11.6. The lowest BCUT2D eigenvalue weighted by atomic mass is 10.3. The molecule has 1 aromatic heterocycles. The summed E-state index contributed by atoms with van der Waals surface area (Å²) in [6.07, 6.45) is 0.639. The maximum atomic E-state index is 13.7. The number of halogens is 3. The van der Waals surface area contributed by atoms with Crippen LogP contribution in [-0.2, 0) is 15.5 Å². The number of rotatable bonds is 5. The number of aryl methyl sites for hydroxylation is 1. The van der Waals surface area contributed by atoms with E-state index in [-0.39, 0.29) is 5.75 Å². The topological polar surface area (TPSA) is 56.3 Å². The maximum absolute atomic E-state index is 13.7. The minimum atomic E-state index is -4.13. The SMILES string of the molecule is Cc1ncsc1CCOc1cc(F)c(S(=O)(=O)Cl)cc1Br. The summed E-state index contributed by atoms with van der Waals surface area (Å²) in [5.74, 6) is -0.726. The number of aromatic nitrogens is 1. The molecule has 0 saturated heterocycles. The molecule has 0 aliphatic carbocycles. The molecule has 4 nitrogen and oxygen atoms in total. The first-order valence-corrected chi connectivity index (χ1v) is 9.72. The molecule has 0 N–H and O–H groups in total. The van der Waals surface area contributed by atoms with Crippen molar-refractivity contribution >= 4 is 47.0 Å². The molecule has 0 aliphatic rings. The number of nitrogens with zero attached hydrogens (tertiary/aromatic N) is 1. The van der Waals surface area contributed by atoms with E-state index in [0.29, 0.717) is 17.5 Å². The van der Waals surface area contributed by atoms with Gasteiger partial charge in [-0.2, -0.15) is 0 Å². The molecule has 21 heavy (non-hydrogen) atoms. The van der Waals surface area contributed by atoms with E-state index in [1.165, 1.54) is 11.3 Å². The molecule has 0 spiro atoms.